The van der Waals surface area contributed by atoms with Gasteiger partial charge in [0.05, 0.1) is 5.60 Å². The summed E-state index contributed by atoms with van der Waals surface area (Å²) >= 11 is 1.93. The van der Waals surface area contributed by atoms with Crippen LogP contribution in [-0.2, 0) is 13.0 Å². The monoisotopic (exact) mass is 296 g/mol. The van der Waals surface area contributed by atoms with Crippen LogP contribution < -0.4 is 0 Å². The Bertz CT molecular complexity index is 430. The average molecular weight is 296 g/mol. The molecule has 4 heteroatoms. The highest BCUT2D eigenvalue weighted by Crippen LogP contribution is 2.26. The molecule has 1 aliphatic heterocycles. The molecule has 0 aromatic carbocycles. The Balaban J connectivity index is 1.87. The van der Waals surface area contributed by atoms with E-state index < -0.39 is 5.60 Å². The van der Waals surface area contributed by atoms with Crippen LogP contribution in [0.2, 0.25) is 0 Å². The second-order valence-electron chi connectivity index (χ2n) is 6.89. The van der Waals surface area contributed by atoms with Gasteiger partial charge in [0.15, 0.2) is 0 Å². The minimum absolute atomic E-state index is 0.526. The molecule has 114 valence electrons. The van der Waals surface area contributed by atoms with Gasteiger partial charge in [0.2, 0.25) is 0 Å². The lowest BCUT2D eigenvalue weighted by molar-refractivity contribution is 0.0241. The number of β-amino-alcohol motifs (C(OH)–C–C–N with tert-alkyl or cyclic N) is 1. The second kappa shape index (κ2) is 6.56. The van der Waals surface area contributed by atoms with Crippen LogP contribution in [0.1, 0.15) is 30.0 Å². The summed E-state index contributed by atoms with van der Waals surface area (Å²) < 4.78 is 0. The zero-order chi connectivity index (χ0) is 14.8. The molecule has 1 aliphatic rings. The first-order valence-corrected chi connectivity index (χ1v) is 8.35. The van der Waals surface area contributed by atoms with Crippen molar-refractivity contribution in [2.75, 3.05) is 33.7 Å². The van der Waals surface area contributed by atoms with Gasteiger partial charge in [-0.2, -0.15) is 0 Å². The van der Waals surface area contributed by atoms with E-state index in [-0.39, 0.29) is 0 Å². The maximum absolute atomic E-state index is 10.6. The Hall–Kier alpha value is -0.420. The maximum Gasteiger partial charge on any atom is 0.0912 e. The van der Waals surface area contributed by atoms with Crippen LogP contribution in [0.4, 0.5) is 0 Å². The fourth-order valence-corrected chi connectivity index (χ4v) is 4.31. The van der Waals surface area contributed by atoms with Crippen LogP contribution in [-0.4, -0.2) is 54.2 Å². The third kappa shape index (κ3) is 4.55. The van der Waals surface area contributed by atoms with Crippen LogP contribution in [0.5, 0.6) is 0 Å². The summed E-state index contributed by atoms with van der Waals surface area (Å²) in [6, 6.07) is 4.52. The van der Waals surface area contributed by atoms with Gasteiger partial charge in [0.25, 0.3) is 0 Å². The van der Waals surface area contributed by atoms with Gasteiger partial charge in [-0.15, -0.1) is 11.3 Å². The number of likely N-dealkylation sites (tertiary alicyclic amines) is 1. The molecule has 0 spiro atoms. The Morgan fingerprint density at radius 3 is 2.70 bits per heavy atom. The topological polar surface area (TPSA) is 26.7 Å². The molecule has 1 aromatic heterocycles. The minimum atomic E-state index is -0.526. The lowest BCUT2D eigenvalue weighted by Crippen LogP contribution is -2.42. The Kier molecular flexibility index (Phi) is 5.24. The van der Waals surface area contributed by atoms with E-state index in [1.807, 2.05) is 25.4 Å². The van der Waals surface area contributed by atoms with Gasteiger partial charge >= 0.3 is 0 Å². The predicted octanol–water partition coefficient (Wildman–Crippen LogP) is 2.45. The molecule has 20 heavy (non-hydrogen) atoms. The van der Waals surface area contributed by atoms with Crippen molar-refractivity contribution in [3.8, 4) is 0 Å². The van der Waals surface area contributed by atoms with Crippen molar-refractivity contribution in [2.45, 2.75) is 38.8 Å². The van der Waals surface area contributed by atoms with Crippen LogP contribution in [0, 0.1) is 5.92 Å². The molecule has 1 atom stereocenters. The quantitative estimate of drug-likeness (QED) is 0.873. The van der Waals surface area contributed by atoms with Crippen molar-refractivity contribution in [3.05, 3.63) is 21.9 Å². The highest BCUT2D eigenvalue weighted by molar-refractivity contribution is 7.11. The molecule has 1 N–H and O–H groups in total. The van der Waals surface area contributed by atoms with Crippen molar-refractivity contribution >= 4 is 11.3 Å². The molecule has 0 aliphatic carbocycles. The number of likely N-dealkylation sites (N-methyl/N-ethyl adjacent to an activating group) is 1. The minimum Gasteiger partial charge on any atom is -0.387 e. The van der Waals surface area contributed by atoms with E-state index in [0.29, 0.717) is 0 Å². The molecular formula is C16H28N2OS. The molecule has 1 unspecified atom stereocenters. The van der Waals surface area contributed by atoms with Crippen LogP contribution >= 0.6 is 11.3 Å². The van der Waals surface area contributed by atoms with Crippen molar-refractivity contribution < 1.29 is 5.11 Å². The summed E-state index contributed by atoms with van der Waals surface area (Å²) in [6.07, 6.45) is 2.06. The van der Waals surface area contributed by atoms with Crippen molar-refractivity contribution in [1.29, 1.82) is 0 Å². The molecule has 3 nitrogen and oxygen atoms in total. The Morgan fingerprint density at radius 1 is 1.35 bits per heavy atom. The van der Waals surface area contributed by atoms with Gasteiger partial charge in [0.1, 0.15) is 0 Å². The molecule has 0 amide bonds. The standard InChI is InChI=1S/C16H28N2OS/c1-13(2)9-14-5-6-15(20-14)10-18-8-7-16(19,12-18)11-17(3)4/h5-6,13,19H,7-12H2,1-4H3. The Labute approximate surface area is 127 Å². The molecule has 1 fully saturated rings. The molecule has 0 saturated carbocycles. The Morgan fingerprint density at radius 2 is 2.05 bits per heavy atom. The van der Waals surface area contributed by atoms with E-state index in [4.69, 9.17) is 0 Å². The van der Waals surface area contributed by atoms with Gasteiger partial charge in [-0.05, 0) is 45.0 Å². The predicted molar refractivity (Wildman–Crippen MR) is 86.3 cm³/mol. The zero-order valence-electron chi connectivity index (χ0n) is 13.2. The highest BCUT2D eigenvalue weighted by atomic mass is 32.1. The third-order valence-electron chi connectivity index (χ3n) is 3.73. The fourth-order valence-electron chi connectivity index (χ4n) is 3.03. The molecule has 1 saturated heterocycles. The zero-order valence-corrected chi connectivity index (χ0v) is 14.0. The van der Waals surface area contributed by atoms with Gasteiger partial charge in [0, 0.05) is 35.9 Å². The molecule has 2 heterocycles. The maximum atomic E-state index is 10.6. The molecule has 1 aromatic rings. The summed E-state index contributed by atoms with van der Waals surface area (Å²) in [5.74, 6) is 0.721. The summed E-state index contributed by atoms with van der Waals surface area (Å²) in [6.45, 7) is 8.07. The van der Waals surface area contributed by atoms with Gasteiger partial charge in [-0.1, -0.05) is 13.8 Å². The first-order chi connectivity index (χ1) is 9.36. The van der Waals surface area contributed by atoms with E-state index in [2.05, 4.69) is 35.8 Å². The van der Waals surface area contributed by atoms with Gasteiger partial charge < -0.3 is 10.0 Å². The number of aliphatic hydroxyl groups is 1. The number of nitrogens with zero attached hydrogens (tertiary/aromatic N) is 2. The van der Waals surface area contributed by atoms with Crippen LogP contribution in [0.3, 0.4) is 0 Å². The number of hydrogen-bond acceptors (Lipinski definition) is 4. The van der Waals surface area contributed by atoms with E-state index in [1.54, 1.807) is 0 Å². The van der Waals surface area contributed by atoms with Crippen molar-refractivity contribution in [3.63, 3.8) is 0 Å². The normalized spacial score (nSPS) is 24.1. The van der Waals surface area contributed by atoms with Crippen molar-refractivity contribution in [2.24, 2.45) is 5.92 Å². The van der Waals surface area contributed by atoms with Crippen molar-refractivity contribution in [1.82, 2.24) is 9.80 Å². The van der Waals surface area contributed by atoms with Gasteiger partial charge in [-0.3, -0.25) is 4.90 Å². The SMILES string of the molecule is CC(C)Cc1ccc(CN2CCC(O)(CN(C)C)C2)s1. The molecular weight excluding hydrogens is 268 g/mol. The second-order valence-corrected chi connectivity index (χ2v) is 8.14. The van der Waals surface area contributed by atoms with E-state index in [0.717, 1.165) is 38.5 Å². The van der Waals surface area contributed by atoms with Crippen LogP contribution in [0.25, 0.3) is 0 Å². The molecule has 2 rings (SSSR count). The van der Waals surface area contributed by atoms with Gasteiger partial charge in [-0.25, -0.2) is 0 Å². The number of rotatable bonds is 6. The van der Waals surface area contributed by atoms with E-state index in [1.165, 1.54) is 16.2 Å². The number of thiophene rings is 1. The first-order valence-electron chi connectivity index (χ1n) is 7.53. The average Bonchev–Trinajstić information content (AvgIpc) is 2.85. The summed E-state index contributed by atoms with van der Waals surface area (Å²) in [5, 5.41) is 10.6. The molecule has 0 radical (unpaired) electrons. The highest BCUT2D eigenvalue weighted by Gasteiger charge is 2.36. The summed E-state index contributed by atoms with van der Waals surface area (Å²) in [5.41, 5.74) is -0.526. The smallest absolute Gasteiger partial charge is 0.0912 e. The lowest BCUT2D eigenvalue weighted by Gasteiger charge is -2.26. The number of hydrogen-bond donors (Lipinski definition) is 1. The summed E-state index contributed by atoms with van der Waals surface area (Å²) in [4.78, 5) is 7.37. The lowest BCUT2D eigenvalue weighted by atomic mass is 10.0. The van der Waals surface area contributed by atoms with Crippen LogP contribution in [0.15, 0.2) is 12.1 Å². The van der Waals surface area contributed by atoms with E-state index >= 15 is 0 Å². The largest absolute Gasteiger partial charge is 0.387 e. The first kappa shape index (κ1) is 16.0. The van der Waals surface area contributed by atoms with E-state index in [9.17, 15) is 5.11 Å². The molecule has 0 bridgehead atoms. The third-order valence-corrected chi connectivity index (χ3v) is 4.82. The summed E-state index contributed by atoms with van der Waals surface area (Å²) in [7, 11) is 4.05. The fraction of sp³-hybridized carbons (Fsp3) is 0.750.